The zero-order valence-corrected chi connectivity index (χ0v) is 11.3. The van der Waals surface area contributed by atoms with Gasteiger partial charge in [0.05, 0.1) is 0 Å². The van der Waals surface area contributed by atoms with Crippen LogP contribution in [0.25, 0.3) is 0 Å². The number of amides is 1. The molecule has 19 heavy (non-hydrogen) atoms. The quantitative estimate of drug-likeness (QED) is 0.801. The van der Waals surface area contributed by atoms with Gasteiger partial charge in [-0.2, -0.15) is 0 Å². The van der Waals surface area contributed by atoms with Crippen molar-refractivity contribution < 1.29 is 15.0 Å². The fourth-order valence-electron chi connectivity index (χ4n) is 2.56. The number of nitrogens with zero attached hydrogens (tertiary/aromatic N) is 2. The summed E-state index contributed by atoms with van der Waals surface area (Å²) in [5.74, 6) is -0.650. The first kappa shape index (κ1) is 13.7. The van der Waals surface area contributed by atoms with Gasteiger partial charge in [0, 0.05) is 19.1 Å². The molecule has 1 atom stereocenters. The summed E-state index contributed by atoms with van der Waals surface area (Å²) in [5.41, 5.74) is -0.00102. The number of aromatic hydroxyl groups is 2. The first-order valence-electron chi connectivity index (χ1n) is 6.51. The summed E-state index contributed by atoms with van der Waals surface area (Å²) in [6.45, 7) is 4.36. The van der Waals surface area contributed by atoms with E-state index in [4.69, 9.17) is 0 Å². The molecule has 1 aromatic rings. The normalized spacial score (nSPS) is 21.2. The molecule has 1 fully saturated rings. The van der Waals surface area contributed by atoms with E-state index in [0.29, 0.717) is 6.54 Å². The van der Waals surface area contributed by atoms with Gasteiger partial charge in [0.25, 0.3) is 5.91 Å². The van der Waals surface area contributed by atoms with Crippen LogP contribution in [0.15, 0.2) is 18.2 Å². The molecule has 0 aromatic heterocycles. The predicted octanol–water partition coefficient (Wildman–Crippen LogP) is 1.26. The number of likely N-dealkylation sites (N-methyl/N-ethyl adjacent to an activating group) is 1. The Morgan fingerprint density at radius 1 is 1.26 bits per heavy atom. The van der Waals surface area contributed by atoms with Crippen LogP contribution in [0.3, 0.4) is 0 Å². The van der Waals surface area contributed by atoms with Crippen LogP contribution in [0.2, 0.25) is 0 Å². The van der Waals surface area contributed by atoms with E-state index < -0.39 is 0 Å². The first-order chi connectivity index (χ1) is 9.00. The lowest BCUT2D eigenvalue weighted by Crippen LogP contribution is -2.42. The molecule has 2 rings (SSSR count). The Labute approximate surface area is 113 Å². The Kier molecular flexibility index (Phi) is 3.95. The second-order valence-corrected chi connectivity index (χ2v) is 5.13. The smallest absolute Gasteiger partial charge is 0.261 e. The summed E-state index contributed by atoms with van der Waals surface area (Å²) in [4.78, 5) is 16.4. The summed E-state index contributed by atoms with van der Waals surface area (Å²) in [7, 11) is 2.03. The predicted molar refractivity (Wildman–Crippen MR) is 72.4 cm³/mol. The van der Waals surface area contributed by atoms with Gasteiger partial charge in [0.15, 0.2) is 0 Å². The van der Waals surface area contributed by atoms with Crippen LogP contribution in [0.1, 0.15) is 23.7 Å². The highest BCUT2D eigenvalue weighted by molar-refractivity contribution is 5.99. The van der Waals surface area contributed by atoms with E-state index in [1.807, 2.05) is 14.0 Å². The highest BCUT2D eigenvalue weighted by Crippen LogP contribution is 2.28. The molecule has 0 spiro atoms. The Balaban J connectivity index is 2.28. The zero-order valence-electron chi connectivity index (χ0n) is 11.3. The van der Waals surface area contributed by atoms with E-state index in [0.717, 1.165) is 19.5 Å². The third-order valence-electron chi connectivity index (χ3n) is 3.54. The minimum Gasteiger partial charge on any atom is -0.507 e. The van der Waals surface area contributed by atoms with Crippen molar-refractivity contribution in [2.45, 2.75) is 19.4 Å². The van der Waals surface area contributed by atoms with Gasteiger partial charge in [-0.15, -0.1) is 0 Å². The first-order valence-corrected chi connectivity index (χ1v) is 6.51. The number of hydrogen-bond acceptors (Lipinski definition) is 4. The van der Waals surface area contributed by atoms with Crippen LogP contribution in [0.4, 0.5) is 0 Å². The molecule has 1 unspecified atom stereocenters. The lowest BCUT2D eigenvalue weighted by Gasteiger charge is -2.28. The summed E-state index contributed by atoms with van der Waals surface area (Å²) in [6.07, 6.45) is 0.890. The number of benzene rings is 1. The van der Waals surface area contributed by atoms with Crippen molar-refractivity contribution in [1.82, 2.24) is 9.80 Å². The molecule has 1 saturated heterocycles. The monoisotopic (exact) mass is 264 g/mol. The van der Waals surface area contributed by atoms with Gasteiger partial charge in [-0.05, 0) is 39.1 Å². The summed E-state index contributed by atoms with van der Waals surface area (Å²) < 4.78 is 0. The maximum atomic E-state index is 12.5. The Bertz CT molecular complexity index is 456. The van der Waals surface area contributed by atoms with Gasteiger partial charge in [0.2, 0.25) is 0 Å². The van der Waals surface area contributed by atoms with Crippen LogP contribution in [0, 0.1) is 0 Å². The van der Waals surface area contributed by atoms with Crippen molar-refractivity contribution in [3.63, 3.8) is 0 Å². The number of hydrogen-bond donors (Lipinski definition) is 2. The van der Waals surface area contributed by atoms with Gasteiger partial charge >= 0.3 is 0 Å². The van der Waals surface area contributed by atoms with E-state index in [9.17, 15) is 15.0 Å². The van der Waals surface area contributed by atoms with E-state index >= 15 is 0 Å². The average molecular weight is 264 g/mol. The Morgan fingerprint density at radius 2 is 1.89 bits per heavy atom. The Hall–Kier alpha value is -1.75. The topological polar surface area (TPSA) is 64.0 Å². The van der Waals surface area contributed by atoms with Crippen molar-refractivity contribution in [2.24, 2.45) is 0 Å². The average Bonchev–Trinajstić information content (AvgIpc) is 2.49. The number of phenolic OH excluding ortho intramolecular Hbond substituents is 2. The fourth-order valence-corrected chi connectivity index (χ4v) is 2.56. The lowest BCUT2D eigenvalue weighted by molar-refractivity contribution is 0.0690. The third-order valence-corrected chi connectivity index (χ3v) is 3.54. The van der Waals surface area contributed by atoms with Gasteiger partial charge in [-0.1, -0.05) is 6.07 Å². The highest BCUT2D eigenvalue weighted by Gasteiger charge is 2.28. The van der Waals surface area contributed by atoms with Gasteiger partial charge in [-0.25, -0.2) is 0 Å². The second kappa shape index (κ2) is 5.48. The fraction of sp³-hybridized carbons (Fsp3) is 0.500. The summed E-state index contributed by atoms with van der Waals surface area (Å²) in [5, 5.41) is 19.6. The molecular formula is C14H20N2O3. The number of rotatable bonds is 1. The molecule has 0 bridgehead atoms. The van der Waals surface area contributed by atoms with E-state index in [1.165, 1.54) is 18.2 Å². The van der Waals surface area contributed by atoms with Crippen LogP contribution in [-0.2, 0) is 0 Å². The minimum absolute atomic E-state index is 0.00102. The molecule has 1 aromatic carbocycles. The standard InChI is InChI=1S/C14H20N2O3/c1-10-9-15(2)7-4-8-16(10)14(19)13-11(17)5-3-6-12(13)18/h3,5-6,10,17-18H,4,7-9H2,1-2H3. The van der Waals surface area contributed by atoms with Crippen molar-refractivity contribution in [3.05, 3.63) is 23.8 Å². The molecule has 0 aliphatic carbocycles. The maximum Gasteiger partial charge on any atom is 0.261 e. The molecule has 0 radical (unpaired) electrons. The molecule has 1 heterocycles. The van der Waals surface area contributed by atoms with Crippen LogP contribution in [-0.4, -0.2) is 58.6 Å². The van der Waals surface area contributed by atoms with Crippen molar-refractivity contribution >= 4 is 5.91 Å². The lowest BCUT2D eigenvalue weighted by atomic mass is 10.1. The van der Waals surface area contributed by atoms with Crippen LogP contribution in [0.5, 0.6) is 11.5 Å². The van der Waals surface area contributed by atoms with Crippen molar-refractivity contribution in [1.29, 1.82) is 0 Å². The van der Waals surface area contributed by atoms with E-state index in [2.05, 4.69) is 4.90 Å². The highest BCUT2D eigenvalue weighted by atomic mass is 16.3. The van der Waals surface area contributed by atoms with Crippen LogP contribution < -0.4 is 0 Å². The molecule has 0 saturated carbocycles. The molecule has 5 nitrogen and oxygen atoms in total. The SMILES string of the molecule is CC1CN(C)CCCN1C(=O)c1c(O)cccc1O. The summed E-state index contributed by atoms with van der Waals surface area (Å²) >= 11 is 0. The molecule has 2 N–H and O–H groups in total. The van der Waals surface area contributed by atoms with Gasteiger partial charge in [0.1, 0.15) is 17.1 Å². The van der Waals surface area contributed by atoms with Gasteiger partial charge in [-0.3, -0.25) is 4.79 Å². The number of carbonyl (C=O) groups excluding carboxylic acids is 1. The Morgan fingerprint density at radius 3 is 2.53 bits per heavy atom. The number of phenols is 2. The van der Waals surface area contributed by atoms with Crippen molar-refractivity contribution in [3.8, 4) is 11.5 Å². The molecule has 1 aliphatic rings. The summed E-state index contributed by atoms with van der Waals surface area (Å²) in [6, 6.07) is 4.41. The van der Waals surface area contributed by atoms with E-state index in [-0.39, 0.29) is 29.0 Å². The largest absolute Gasteiger partial charge is 0.507 e. The second-order valence-electron chi connectivity index (χ2n) is 5.13. The van der Waals surface area contributed by atoms with E-state index in [1.54, 1.807) is 4.90 Å². The molecule has 1 aliphatic heterocycles. The van der Waals surface area contributed by atoms with Crippen LogP contribution >= 0.6 is 0 Å². The molecule has 1 amide bonds. The van der Waals surface area contributed by atoms with Crippen molar-refractivity contribution in [2.75, 3.05) is 26.7 Å². The maximum absolute atomic E-state index is 12.5. The number of carbonyl (C=O) groups is 1. The minimum atomic E-state index is -0.307. The van der Waals surface area contributed by atoms with Gasteiger partial charge < -0.3 is 20.0 Å². The molecule has 5 heteroatoms. The molecular weight excluding hydrogens is 244 g/mol. The molecule has 104 valence electrons. The zero-order chi connectivity index (χ0) is 14.0. The third kappa shape index (κ3) is 2.81.